The van der Waals surface area contributed by atoms with Crippen LogP contribution >= 0.6 is 34.8 Å². The van der Waals surface area contributed by atoms with E-state index in [0.717, 1.165) is 16.9 Å². The first kappa shape index (κ1) is 18.8. The maximum absolute atomic E-state index is 6.21. The average molecular weight is 432 g/mol. The largest absolute Gasteiger partial charge is 0.489 e. The number of hydrogen-bond acceptors (Lipinski definition) is 4. The van der Waals surface area contributed by atoms with Gasteiger partial charge in [0.05, 0.1) is 5.02 Å². The van der Waals surface area contributed by atoms with Gasteiger partial charge in [-0.25, -0.2) is 0 Å². The highest BCUT2D eigenvalue weighted by molar-refractivity contribution is 6.36. The third-order valence-corrected chi connectivity index (χ3v) is 4.82. The Morgan fingerprint density at radius 3 is 2.25 bits per heavy atom. The van der Waals surface area contributed by atoms with Crippen LogP contribution in [0.4, 0.5) is 0 Å². The second kappa shape index (κ2) is 8.23. The van der Waals surface area contributed by atoms with Gasteiger partial charge in [-0.1, -0.05) is 52.1 Å². The minimum Gasteiger partial charge on any atom is -0.489 e. The highest BCUT2D eigenvalue weighted by Gasteiger charge is 2.13. The summed E-state index contributed by atoms with van der Waals surface area (Å²) < 4.78 is 11.1. The van der Waals surface area contributed by atoms with Crippen molar-refractivity contribution in [2.24, 2.45) is 0 Å². The Labute approximate surface area is 176 Å². The van der Waals surface area contributed by atoms with Gasteiger partial charge >= 0.3 is 0 Å². The summed E-state index contributed by atoms with van der Waals surface area (Å²) in [6.07, 6.45) is 0. The molecule has 3 aromatic carbocycles. The van der Waals surface area contributed by atoms with Crippen LogP contribution in [-0.2, 0) is 6.61 Å². The molecule has 0 unspecified atom stereocenters. The van der Waals surface area contributed by atoms with Crippen LogP contribution in [0.2, 0.25) is 15.1 Å². The van der Waals surface area contributed by atoms with Crippen LogP contribution < -0.4 is 4.74 Å². The molecule has 28 heavy (non-hydrogen) atoms. The minimum absolute atomic E-state index is 0.409. The molecular formula is C21H13Cl3N2O2. The van der Waals surface area contributed by atoms with E-state index in [9.17, 15) is 0 Å². The van der Waals surface area contributed by atoms with Crippen molar-refractivity contribution < 1.29 is 9.26 Å². The molecule has 0 aliphatic rings. The van der Waals surface area contributed by atoms with Gasteiger partial charge in [0.2, 0.25) is 5.82 Å². The summed E-state index contributed by atoms with van der Waals surface area (Å²) in [4.78, 5) is 4.42. The Morgan fingerprint density at radius 1 is 0.821 bits per heavy atom. The fourth-order valence-electron chi connectivity index (χ4n) is 2.56. The van der Waals surface area contributed by atoms with Gasteiger partial charge in [0, 0.05) is 21.2 Å². The van der Waals surface area contributed by atoms with E-state index in [1.165, 1.54) is 0 Å². The van der Waals surface area contributed by atoms with Crippen molar-refractivity contribution in [2.75, 3.05) is 0 Å². The van der Waals surface area contributed by atoms with Crippen molar-refractivity contribution in [3.63, 3.8) is 0 Å². The number of ether oxygens (including phenoxy) is 1. The van der Waals surface area contributed by atoms with Gasteiger partial charge in [-0.05, 0) is 60.2 Å². The van der Waals surface area contributed by atoms with Gasteiger partial charge in [0.15, 0.2) is 0 Å². The highest BCUT2D eigenvalue weighted by Crippen LogP contribution is 2.30. The maximum Gasteiger partial charge on any atom is 0.258 e. The SMILES string of the molecule is Clc1ccc(OCc2ccc(-c3nc(-c4ccc(Cl)cc4Cl)no3)cc2)cc1. The number of rotatable bonds is 5. The molecule has 0 N–H and O–H groups in total. The molecule has 0 amide bonds. The third kappa shape index (κ3) is 4.30. The van der Waals surface area contributed by atoms with Crippen molar-refractivity contribution >= 4 is 34.8 Å². The second-order valence-electron chi connectivity index (χ2n) is 5.99. The van der Waals surface area contributed by atoms with Gasteiger partial charge in [0.25, 0.3) is 5.89 Å². The Morgan fingerprint density at radius 2 is 1.54 bits per heavy atom. The lowest BCUT2D eigenvalue weighted by Crippen LogP contribution is -1.95. The minimum atomic E-state index is 0.409. The molecule has 140 valence electrons. The molecular weight excluding hydrogens is 419 g/mol. The lowest BCUT2D eigenvalue weighted by atomic mass is 10.1. The predicted octanol–water partition coefficient (Wildman–Crippen LogP) is 6.94. The summed E-state index contributed by atoms with van der Waals surface area (Å²) in [6.45, 7) is 0.442. The molecule has 0 fully saturated rings. The maximum atomic E-state index is 6.21. The number of aromatic nitrogens is 2. The molecule has 0 saturated carbocycles. The molecule has 1 heterocycles. The summed E-state index contributed by atoms with van der Waals surface area (Å²) in [7, 11) is 0. The molecule has 7 heteroatoms. The summed E-state index contributed by atoms with van der Waals surface area (Å²) >= 11 is 18.0. The first-order valence-corrected chi connectivity index (χ1v) is 9.49. The molecule has 4 aromatic rings. The van der Waals surface area contributed by atoms with E-state index in [-0.39, 0.29) is 0 Å². The average Bonchev–Trinajstić information content (AvgIpc) is 3.18. The first-order chi connectivity index (χ1) is 13.6. The van der Waals surface area contributed by atoms with Gasteiger partial charge < -0.3 is 9.26 Å². The topological polar surface area (TPSA) is 48.2 Å². The van der Waals surface area contributed by atoms with Crippen LogP contribution in [0.15, 0.2) is 71.3 Å². The van der Waals surface area contributed by atoms with Gasteiger partial charge in [-0.2, -0.15) is 4.98 Å². The normalized spacial score (nSPS) is 10.8. The van der Waals surface area contributed by atoms with Crippen LogP contribution in [-0.4, -0.2) is 10.1 Å². The van der Waals surface area contributed by atoms with Crippen LogP contribution in [0.1, 0.15) is 5.56 Å². The lowest BCUT2D eigenvalue weighted by molar-refractivity contribution is 0.306. The zero-order chi connectivity index (χ0) is 19.5. The summed E-state index contributed by atoms with van der Waals surface area (Å²) in [5.74, 6) is 1.58. The Balaban J connectivity index is 1.47. The number of nitrogens with zero attached hydrogens (tertiary/aromatic N) is 2. The first-order valence-electron chi connectivity index (χ1n) is 8.35. The van der Waals surface area contributed by atoms with Crippen LogP contribution in [0, 0.1) is 0 Å². The molecule has 0 spiro atoms. The van der Waals surface area contributed by atoms with Crippen LogP contribution in [0.5, 0.6) is 5.75 Å². The van der Waals surface area contributed by atoms with Crippen LogP contribution in [0.25, 0.3) is 22.8 Å². The van der Waals surface area contributed by atoms with E-state index in [0.29, 0.717) is 39.0 Å². The molecule has 0 saturated heterocycles. The quantitative estimate of drug-likeness (QED) is 0.343. The number of hydrogen-bond donors (Lipinski definition) is 0. The molecule has 4 rings (SSSR count). The fourth-order valence-corrected chi connectivity index (χ4v) is 3.18. The molecule has 4 nitrogen and oxygen atoms in total. The third-order valence-electron chi connectivity index (χ3n) is 4.02. The number of halogens is 3. The van der Waals surface area contributed by atoms with Crippen molar-refractivity contribution in [2.45, 2.75) is 6.61 Å². The monoisotopic (exact) mass is 430 g/mol. The Hall–Kier alpha value is -2.53. The standard InChI is InChI=1S/C21H13Cl3N2O2/c22-15-5-8-17(9-6-15)27-12-13-1-3-14(4-2-13)21-25-20(26-28-21)18-10-7-16(23)11-19(18)24/h1-11H,12H2. The summed E-state index contributed by atoms with van der Waals surface area (Å²) in [6, 6.07) is 20.1. The van der Waals surface area contributed by atoms with E-state index >= 15 is 0 Å². The van der Waals surface area contributed by atoms with Crippen molar-refractivity contribution in [1.29, 1.82) is 0 Å². The predicted molar refractivity (Wildman–Crippen MR) is 111 cm³/mol. The highest BCUT2D eigenvalue weighted by atomic mass is 35.5. The Kier molecular flexibility index (Phi) is 5.53. The smallest absolute Gasteiger partial charge is 0.258 e. The van der Waals surface area contributed by atoms with Gasteiger partial charge in [-0.3, -0.25) is 0 Å². The zero-order valence-electron chi connectivity index (χ0n) is 14.4. The van der Waals surface area contributed by atoms with Crippen molar-refractivity contribution in [3.05, 3.63) is 87.4 Å². The molecule has 0 atom stereocenters. The van der Waals surface area contributed by atoms with Crippen molar-refractivity contribution in [1.82, 2.24) is 10.1 Å². The van der Waals surface area contributed by atoms with Crippen LogP contribution in [0.3, 0.4) is 0 Å². The van der Waals surface area contributed by atoms with Gasteiger partial charge in [-0.15, -0.1) is 0 Å². The van der Waals surface area contributed by atoms with E-state index in [1.54, 1.807) is 30.3 Å². The molecule has 0 aliphatic heterocycles. The number of benzene rings is 3. The summed E-state index contributed by atoms with van der Waals surface area (Å²) in [5, 5.41) is 5.70. The van der Waals surface area contributed by atoms with E-state index in [1.807, 2.05) is 36.4 Å². The molecule has 0 bridgehead atoms. The lowest BCUT2D eigenvalue weighted by Gasteiger charge is -2.06. The van der Waals surface area contributed by atoms with E-state index in [2.05, 4.69) is 10.1 Å². The molecule has 1 aromatic heterocycles. The zero-order valence-corrected chi connectivity index (χ0v) is 16.7. The molecule has 0 radical (unpaired) electrons. The Bertz CT molecular complexity index is 1090. The van der Waals surface area contributed by atoms with E-state index in [4.69, 9.17) is 44.1 Å². The van der Waals surface area contributed by atoms with Gasteiger partial charge in [0.1, 0.15) is 12.4 Å². The summed E-state index contributed by atoms with van der Waals surface area (Å²) in [5.41, 5.74) is 2.48. The molecule has 0 aliphatic carbocycles. The van der Waals surface area contributed by atoms with Crippen molar-refractivity contribution in [3.8, 4) is 28.6 Å². The van der Waals surface area contributed by atoms with E-state index < -0.39 is 0 Å². The fraction of sp³-hybridized carbons (Fsp3) is 0.0476. The second-order valence-corrected chi connectivity index (χ2v) is 7.27.